The standard InChI is InChI=1S/C15H19N7O3/c1-21(2)10-5-3-9(4-6-10)7-16-20-11(23)8-22-13-12(18-15(22)25)17-14(24)19-13/h3-7,12-13H,8H2,1-2H3,(H,18,25)(H,20,23)(H2,17,19,24)/b16-7+. The number of amides is 5. The van der Waals surface area contributed by atoms with Crippen LogP contribution >= 0.6 is 0 Å². The van der Waals surface area contributed by atoms with Crippen LogP contribution in [0.25, 0.3) is 0 Å². The Hall–Kier alpha value is -3.30. The zero-order valence-electron chi connectivity index (χ0n) is 13.8. The lowest BCUT2D eigenvalue weighted by atomic mass is 10.2. The van der Waals surface area contributed by atoms with E-state index in [1.54, 1.807) is 0 Å². The molecular weight excluding hydrogens is 326 g/mol. The van der Waals surface area contributed by atoms with E-state index in [4.69, 9.17) is 0 Å². The van der Waals surface area contributed by atoms with Crippen LogP contribution in [0, 0.1) is 0 Å². The largest absolute Gasteiger partial charge is 0.378 e. The Morgan fingerprint density at radius 1 is 1.24 bits per heavy atom. The smallest absolute Gasteiger partial charge is 0.321 e. The van der Waals surface area contributed by atoms with E-state index in [0.29, 0.717) is 0 Å². The van der Waals surface area contributed by atoms with Gasteiger partial charge >= 0.3 is 12.1 Å². The van der Waals surface area contributed by atoms with E-state index >= 15 is 0 Å². The Bertz CT molecular complexity index is 716. The Morgan fingerprint density at radius 3 is 2.64 bits per heavy atom. The number of nitrogens with zero attached hydrogens (tertiary/aromatic N) is 3. The summed E-state index contributed by atoms with van der Waals surface area (Å²) in [6, 6.07) is 6.81. The van der Waals surface area contributed by atoms with Crippen LogP contribution in [0.4, 0.5) is 15.3 Å². The summed E-state index contributed by atoms with van der Waals surface area (Å²) in [4.78, 5) is 38.3. The van der Waals surface area contributed by atoms with Crippen LogP contribution in [0.15, 0.2) is 29.4 Å². The van der Waals surface area contributed by atoms with Gasteiger partial charge in [-0.05, 0) is 17.7 Å². The molecular formula is C15H19N7O3. The molecule has 0 aliphatic carbocycles. The molecule has 0 saturated carbocycles. The minimum Gasteiger partial charge on any atom is -0.378 e. The average molecular weight is 345 g/mol. The zero-order valence-corrected chi connectivity index (χ0v) is 13.8. The van der Waals surface area contributed by atoms with Gasteiger partial charge in [-0.3, -0.25) is 9.69 Å². The van der Waals surface area contributed by atoms with Crippen molar-refractivity contribution in [1.29, 1.82) is 0 Å². The summed E-state index contributed by atoms with van der Waals surface area (Å²) in [7, 11) is 3.90. The Kier molecular flexibility index (Phi) is 4.42. The maximum absolute atomic E-state index is 12.0. The molecule has 2 atom stereocenters. The van der Waals surface area contributed by atoms with E-state index in [-0.39, 0.29) is 12.6 Å². The average Bonchev–Trinajstić information content (AvgIpc) is 3.05. The van der Waals surface area contributed by atoms with Crippen LogP contribution in [0.3, 0.4) is 0 Å². The van der Waals surface area contributed by atoms with Gasteiger partial charge in [-0.2, -0.15) is 5.10 Å². The van der Waals surface area contributed by atoms with Gasteiger partial charge in [-0.15, -0.1) is 0 Å². The Morgan fingerprint density at radius 2 is 1.96 bits per heavy atom. The third-order valence-electron chi connectivity index (χ3n) is 3.88. The monoisotopic (exact) mass is 345 g/mol. The summed E-state index contributed by atoms with van der Waals surface area (Å²) in [5, 5.41) is 11.6. The van der Waals surface area contributed by atoms with Crippen molar-refractivity contribution in [3.63, 3.8) is 0 Å². The highest BCUT2D eigenvalue weighted by molar-refractivity contribution is 5.89. The fourth-order valence-electron chi connectivity index (χ4n) is 2.59. The normalized spacial score (nSPS) is 21.6. The third-order valence-corrected chi connectivity index (χ3v) is 3.88. The lowest BCUT2D eigenvalue weighted by molar-refractivity contribution is -0.121. The van der Waals surface area contributed by atoms with Gasteiger partial charge in [0.2, 0.25) is 0 Å². The maximum atomic E-state index is 12.0. The van der Waals surface area contributed by atoms with Gasteiger partial charge in [0.15, 0.2) is 0 Å². The van der Waals surface area contributed by atoms with E-state index in [2.05, 4.69) is 26.5 Å². The van der Waals surface area contributed by atoms with E-state index in [1.807, 2.05) is 43.3 Å². The van der Waals surface area contributed by atoms with Crippen molar-refractivity contribution in [2.24, 2.45) is 5.10 Å². The number of carbonyl (C=O) groups is 3. The molecule has 2 saturated heterocycles. The van der Waals surface area contributed by atoms with Crippen molar-refractivity contribution in [2.75, 3.05) is 25.5 Å². The number of benzene rings is 1. The van der Waals surface area contributed by atoms with E-state index in [1.165, 1.54) is 11.1 Å². The number of hydrogen-bond donors (Lipinski definition) is 4. The van der Waals surface area contributed by atoms with Crippen molar-refractivity contribution in [3.8, 4) is 0 Å². The van der Waals surface area contributed by atoms with Crippen molar-refractivity contribution in [1.82, 2.24) is 26.3 Å². The maximum Gasteiger partial charge on any atom is 0.321 e. The van der Waals surface area contributed by atoms with Gasteiger partial charge in [0.05, 0.1) is 6.21 Å². The highest BCUT2D eigenvalue weighted by Crippen LogP contribution is 2.13. The molecule has 0 aromatic heterocycles. The van der Waals surface area contributed by atoms with Crippen molar-refractivity contribution in [2.45, 2.75) is 12.3 Å². The number of urea groups is 2. The number of anilines is 1. The number of nitrogens with one attached hydrogen (secondary N) is 4. The van der Waals surface area contributed by atoms with Gasteiger partial charge in [0.1, 0.15) is 18.9 Å². The highest BCUT2D eigenvalue weighted by atomic mass is 16.2. The number of carbonyl (C=O) groups excluding carboxylic acids is 3. The second-order valence-electron chi connectivity index (χ2n) is 5.90. The van der Waals surface area contributed by atoms with Gasteiger partial charge < -0.3 is 20.9 Å². The molecule has 5 amide bonds. The molecule has 25 heavy (non-hydrogen) atoms. The predicted molar refractivity (Wildman–Crippen MR) is 91.0 cm³/mol. The number of rotatable bonds is 5. The van der Waals surface area contributed by atoms with E-state index in [0.717, 1.165) is 11.3 Å². The van der Waals surface area contributed by atoms with E-state index < -0.39 is 24.3 Å². The number of hydrogen-bond acceptors (Lipinski definition) is 5. The summed E-state index contributed by atoms with van der Waals surface area (Å²) >= 11 is 0. The third kappa shape index (κ3) is 3.62. The first kappa shape index (κ1) is 16.6. The molecule has 1 aromatic carbocycles. The second-order valence-corrected chi connectivity index (χ2v) is 5.90. The van der Waals surface area contributed by atoms with E-state index in [9.17, 15) is 14.4 Å². The first-order valence-corrected chi connectivity index (χ1v) is 7.67. The molecule has 2 aliphatic rings. The SMILES string of the molecule is CN(C)c1ccc(/C=N/NC(=O)CN2C(=O)NC3NC(=O)NC32)cc1. The van der Waals surface area contributed by atoms with Crippen LogP contribution < -0.4 is 26.3 Å². The summed E-state index contributed by atoms with van der Waals surface area (Å²) < 4.78 is 0. The summed E-state index contributed by atoms with van der Waals surface area (Å²) in [5.41, 5.74) is 4.26. The Labute approximate surface area is 144 Å². The van der Waals surface area contributed by atoms with Gasteiger partial charge in [0, 0.05) is 19.8 Å². The number of fused-ring (bicyclic) bond motifs is 1. The van der Waals surface area contributed by atoms with Crippen LogP contribution in [0.5, 0.6) is 0 Å². The fraction of sp³-hybridized carbons (Fsp3) is 0.333. The van der Waals surface area contributed by atoms with Gasteiger partial charge in [-0.1, -0.05) is 12.1 Å². The molecule has 2 aliphatic heterocycles. The summed E-state index contributed by atoms with van der Waals surface area (Å²) in [5.74, 6) is -0.460. The van der Waals surface area contributed by atoms with Gasteiger partial charge in [0.25, 0.3) is 5.91 Å². The predicted octanol–water partition coefficient (Wildman–Crippen LogP) is -0.807. The molecule has 2 heterocycles. The quantitative estimate of drug-likeness (QED) is 0.412. The minimum atomic E-state index is -0.590. The lowest BCUT2D eigenvalue weighted by Crippen LogP contribution is -2.47. The molecule has 3 rings (SSSR count). The molecule has 10 nitrogen and oxygen atoms in total. The van der Waals surface area contributed by atoms with Crippen LogP contribution in [-0.2, 0) is 4.79 Å². The lowest BCUT2D eigenvalue weighted by Gasteiger charge is -2.19. The molecule has 2 fully saturated rings. The van der Waals surface area contributed by atoms with Crippen molar-refractivity contribution >= 4 is 29.9 Å². The van der Waals surface area contributed by atoms with Crippen LogP contribution in [0.2, 0.25) is 0 Å². The van der Waals surface area contributed by atoms with Crippen LogP contribution in [0.1, 0.15) is 5.56 Å². The molecule has 0 spiro atoms. The molecule has 2 unspecified atom stereocenters. The summed E-state index contributed by atoms with van der Waals surface area (Å²) in [6.45, 7) is -0.216. The minimum absolute atomic E-state index is 0.216. The topological polar surface area (TPSA) is 118 Å². The van der Waals surface area contributed by atoms with Crippen LogP contribution in [-0.4, -0.2) is 62.1 Å². The molecule has 132 valence electrons. The van der Waals surface area contributed by atoms with Crippen molar-refractivity contribution in [3.05, 3.63) is 29.8 Å². The molecule has 0 bridgehead atoms. The fourth-order valence-corrected chi connectivity index (χ4v) is 2.59. The highest BCUT2D eigenvalue weighted by Gasteiger charge is 2.45. The molecule has 1 aromatic rings. The zero-order chi connectivity index (χ0) is 18.0. The van der Waals surface area contributed by atoms with Crippen molar-refractivity contribution < 1.29 is 14.4 Å². The summed E-state index contributed by atoms with van der Waals surface area (Å²) in [6.07, 6.45) is 0.392. The van der Waals surface area contributed by atoms with Gasteiger partial charge in [-0.25, -0.2) is 15.0 Å². The first-order valence-electron chi connectivity index (χ1n) is 7.67. The molecule has 10 heteroatoms. The second kappa shape index (κ2) is 6.67. The molecule has 4 N–H and O–H groups in total. The number of hydrazone groups is 1. The molecule has 0 radical (unpaired) electrons. The first-order chi connectivity index (χ1) is 11.9. The Balaban J connectivity index is 1.52.